The lowest BCUT2D eigenvalue weighted by atomic mass is 10.1. The molecule has 2 fully saturated rings. The summed E-state index contributed by atoms with van der Waals surface area (Å²) in [5.74, 6) is 1.93. The summed E-state index contributed by atoms with van der Waals surface area (Å²) < 4.78 is 16.2. The zero-order valence-electron chi connectivity index (χ0n) is 23.5. The van der Waals surface area contributed by atoms with Crippen molar-refractivity contribution in [1.82, 2.24) is 24.9 Å². The maximum Gasteiger partial charge on any atom is 0.264 e. The van der Waals surface area contributed by atoms with Gasteiger partial charge in [-0.05, 0) is 41.8 Å². The third-order valence-corrected chi connectivity index (χ3v) is 8.28. The fourth-order valence-corrected chi connectivity index (χ4v) is 5.68. The Balaban J connectivity index is 1.17. The molecular formula is C29H36N6O5S. The number of amides is 2. The van der Waals surface area contributed by atoms with E-state index in [4.69, 9.17) is 14.2 Å². The Kier molecular flexibility index (Phi) is 9.65. The maximum absolute atomic E-state index is 13.3. The van der Waals surface area contributed by atoms with Gasteiger partial charge in [-0.1, -0.05) is 6.07 Å². The minimum atomic E-state index is -0.0925. The minimum absolute atomic E-state index is 0.0357. The number of piperazine rings is 1. The number of ether oxygens (including phenoxy) is 3. The number of nitrogens with zero attached hydrogens (tertiary/aromatic N) is 6. The Bertz CT molecular complexity index is 1290. The van der Waals surface area contributed by atoms with Gasteiger partial charge in [0.05, 0.1) is 38.0 Å². The van der Waals surface area contributed by atoms with Gasteiger partial charge in [-0.15, -0.1) is 21.5 Å². The molecule has 0 radical (unpaired) electrons. The van der Waals surface area contributed by atoms with Gasteiger partial charge in [0, 0.05) is 57.9 Å². The third-order valence-electron chi connectivity index (χ3n) is 7.42. The van der Waals surface area contributed by atoms with Gasteiger partial charge in [0.1, 0.15) is 6.54 Å². The van der Waals surface area contributed by atoms with Crippen LogP contribution in [-0.2, 0) is 9.53 Å². The molecule has 2 aliphatic rings. The SMILES string of the molecule is COc1ccc(-c2ccc(N3CCN(C(=O)CN(CCN4CCOCC4)C(=O)c4cccs4)CC3)nn2)cc1OC. The number of aromatic nitrogens is 2. The zero-order valence-corrected chi connectivity index (χ0v) is 24.3. The predicted octanol–water partition coefficient (Wildman–Crippen LogP) is 2.35. The molecule has 11 nitrogen and oxygen atoms in total. The summed E-state index contributed by atoms with van der Waals surface area (Å²) in [6, 6.07) is 13.2. The van der Waals surface area contributed by atoms with Gasteiger partial charge < -0.3 is 28.9 Å². The summed E-state index contributed by atoms with van der Waals surface area (Å²) in [7, 11) is 3.21. The number of morpholine rings is 1. The third kappa shape index (κ3) is 7.13. The highest BCUT2D eigenvalue weighted by Crippen LogP contribution is 2.31. The van der Waals surface area contributed by atoms with Crippen LogP contribution in [0, 0.1) is 0 Å². The quantitative estimate of drug-likeness (QED) is 0.358. The number of rotatable bonds is 10. The van der Waals surface area contributed by atoms with Crippen molar-refractivity contribution in [3.63, 3.8) is 0 Å². The Morgan fingerprint density at radius 3 is 2.39 bits per heavy atom. The number of carbonyl (C=O) groups is 2. The van der Waals surface area contributed by atoms with Gasteiger partial charge in [-0.25, -0.2) is 0 Å². The van der Waals surface area contributed by atoms with Gasteiger partial charge in [0.25, 0.3) is 5.91 Å². The van der Waals surface area contributed by atoms with Crippen molar-refractivity contribution in [2.45, 2.75) is 0 Å². The Morgan fingerprint density at radius 1 is 0.951 bits per heavy atom. The molecule has 3 aromatic rings. The van der Waals surface area contributed by atoms with Gasteiger partial charge in [-0.2, -0.15) is 0 Å². The van der Waals surface area contributed by atoms with Crippen LogP contribution in [0.3, 0.4) is 0 Å². The van der Waals surface area contributed by atoms with Crippen molar-refractivity contribution in [2.24, 2.45) is 0 Å². The number of hydrogen-bond donors (Lipinski definition) is 0. The van der Waals surface area contributed by atoms with Crippen molar-refractivity contribution in [3.05, 3.63) is 52.7 Å². The molecule has 2 aliphatic heterocycles. The standard InChI is InChI=1S/C29H36N6O5S/c1-38-24-7-5-22(20-25(24)39-2)23-6-8-27(31-30-23)33-11-13-34(14-12-33)28(36)21-35(29(37)26-4-3-19-41-26)10-9-32-15-17-40-18-16-32/h3-8,19-20H,9-18,21H2,1-2H3. The van der Waals surface area contributed by atoms with E-state index in [2.05, 4.69) is 20.0 Å². The topological polar surface area (TPSA) is 101 Å². The molecule has 0 aliphatic carbocycles. The molecule has 2 aromatic heterocycles. The van der Waals surface area contributed by atoms with Gasteiger partial charge in [0.2, 0.25) is 5.91 Å². The highest BCUT2D eigenvalue weighted by Gasteiger charge is 2.27. The number of thiophene rings is 1. The zero-order chi connectivity index (χ0) is 28.6. The normalized spacial score (nSPS) is 16.0. The molecular weight excluding hydrogens is 544 g/mol. The van der Waals surface area contributed by atoms with Gasteiger partial charge in [0.15, 0.2) is 17.3 Å². The van der Waals surface area contributed by atoms with E-state index in [-0.39, 0.29) is 18.4 Å². The first-order valence-electron chi connectivity index (χ1n) is 13.8. The molecule has 0 spiro atoms. The lowest BCUT2D eigenvalue weighted by Crippen LogP contribution is -2.52. The van der Waals surface area contributed by atoms with Gasteiger partial charge >= 0.3 is 0 Å². The van der Waals surface area contributed by atoms with Crippen LogP contribution in [0.4, 0.5) is 5.82 Å². The summed E-state index contributed by atoms with van der Waals surface area (Å²) in [5, 5.41) is 10.8. The highest BCUT2D eigenvalue weighted by molar-refractivity contribution is 7.12. The molecule has 41 heavy (non-hydrogen) atoms. The number of hydrogen-bond acceptors (Lipinski definition) is 10. The first kappa shape index (κ1) is 28.8. The van der Waals surface area contributed by atoms with Crippen LogP contribution in [0.2, 0.25) is 0 Å². The highest BCUT2D eigenvalue weighted by atomic mass is 32.1. The number of methoxy groups -OCH3 is 2. The molecule has 1 aromatic carbocycles. The van der Waals surface area contributed by atoms with Crippen molar-refractivity contribution >= 4 is 29.0 Å². The van der Waals surface area contributed by atoms with Crippen LogP contribution in [-0.4, -0.2) is 123 Å². The molecule has 0 N–H and O–H groups in total. The second-order valence-corrected chi connectivity index (χ2v) is 10.8. The monoisotopic (exact) mass is 580 g/mol. The van der Waals surface area contributed by atoms with Crippen LogP contribution in [0.1, 0.15) is 9.67 Å². The molecule has 0 saturated carbocycles. The fraction of sp³-hybridized carbons (Fsp3) is 0.448. The van der Waals surface area contributed by atoms with Crippen molar-refractivity contribution in [2.75, 3.05) is 91.2 Å². The summed E-state index contributed by atoms with van der Waals surface area (Å²) in [6.45, 7) is 6.78. The summed E-state index contributed by atoms with van der Waals surface area (Å²) >= 11 is 1.40. The number of carbonyl (C=O) groups excluding carboxylic acids is 2. The number of benzene rings is 1. The van der Waals surface area contributed by atoms with Crippen LogP contribution in [0.15, 0.2) is 47.8 Å². The lowest BCUT2D eigenvalue weighted by Gasteiger charge is -2.36. The van der Waals surface area contributed by atoms with Crippen LogP contribution in [0.5, 0.6) is 11.5 Å². The smallest absolute Gasteiger partial charge is 0.264 e. The van der Waals surface area contributed by atoms with E-state index in [1.54, 1.807) is 19.1 Å². The fourth-order valence-electron chi connectivity index (χ4n) is 4.99. The van der Waals surface area contributed by atoms with Crippen LogP contribution >= 0.6 is 11.3 Å². The summed E-state index contributed by atoms with van der Waals surface area (Å²) in [6.07, 6.45) is 0. The molecule has 218 valence electrons. The van der Waals surface area contributed by atoms with E-state index in [9.17, 15) is 9.59 Å². The van der Waals surface area contributed by atoms with Crippen molar-refractivity contribution in [3.8, 4) is 22.8 Å². The molecule has 0 unspecified atom stereocenters. The first-order chi connectivity index (χ1) is 20.1. The first-order valence-corrected chi connectivity index (χ1v) is 14.7. The molecule has 0 atom stereocenters. The van der Waals surface area contributed by atoms with Gasteiger partial charge in [-0.3, -0.25) is 14.5 Å². The summed E-state index contributed by atoms with van der Waals surface area (Å²) in [4.78, 5) is 35.1. The average molecular weight is 581 g/mol. The molecule has 5 rings (SSSR count). The van der Waals surface area contributed by atoms with E-state index >= 15 is 0 Å². The average Bonchev–Trinajstić information content (AvgIpc) is 3.58. The van der Waals surface area contributed by atoms with Crippen molar-refractivity contribution < 1.29 is 23.8 Å². The molecule has 0 bridgehead atoms. The van der Waals surface area contributed by atoms with E-state index in [1.165, 1.54) is 11.3 Å². The second kappa shape index (κ2) is 13.7. The van der Waals surface area contributed by atoms with E-state index in [1.807, 2.05) is 52.7 Å². The number of anilines is 1. The molecule has 2 saturated heterocycles. The Hall–Kier alpha value is -3.74. The van der Waals surface area contributed by atoms with E-state index in [0.717, 1.165) is 36.7 Å². The minimum Gasteiger partial charge on any atom is -0.493 e. The van der Waals surface area contributed by atoms with Crippen LogP contribution in [0.25, 0.3) is 11.3 Å². The lowest BCUT2D eigenvalue weighted by molar-refractivity contribution is -0.132. The second-order valence-electron chi connectivity index (χ2n) is 9.87. The summed E-state index contributed by atoms with van der Waals surface area (Å²) in [5.41, 5.74) is 1.61. The predicted molar refractivity (Wildman–Crippen MR) is 157 cm³/mol. The molecule has 12 heteroatoms. The Labute approximate surface area is 244 Å². The maximum atomic E-state index is 13.3. The van der Waals surface area contributed by atoms with E-state index < -0.39 is 0 Å². The van der Waals surface area contributed by atoms with Crippen molar-refractivity contribution in [1.29, 1.82) is 0 Å². The largest absolute Gasteiger partial charge is 0.493 e. The molecule has 4 heterocycles. The Morgan fingerprint density at radius 2 is 1.73 bits per heavy atom. The van der Waals surface area contributed by atoms with E-state index in [0.29, 0.717) is 62.3 Å². The van der Waals surface area contributed by atoms with Crippen LogP contribution < -0.4 is 14.4 Å². The molecule has 2 amide bonds.